The average Bonchev–Trinajstić information content (AvgIpc) is 3.13. The summed E-state index contributed by atoms with van der Waals surface area (Å²) < 4.78 is 16.7. The van der Waals surface area contributed by atoms with Crippen LogP contribution in [0.2, 0.25) is 0 Å². The van der Waals surface area contributed by atoms with Crippen LogP contribution in [0.1, 0.15) is 47.0 Å². The summed E-state index contributed by atoms with van der Waals surface area (Å²) >= 11 is 0. The first-order valence-corrected chi connectivity index (χ1v) is 7.38. The number of rotatable bonds is 4. The molecule has 2 rings (SSSR count). The zero-order valence-electron chi connectivity index (χ0n) is 12.6. The second-order valence-electron chi connectivity index (χ2n) is 6.07. The minimum absolute atomic E-state index is 0.0278. The third-order valence-corrected chi connectivity index (χ3v) is 4.15. The summed E-state index contributed by atoms with van der Waals surface area (Å²) in [5.41, 5.74) is 0. The van der Waals surface area contributed by atoms with E-state index in [2.05, 4.69) is 0 Å². The molecule has 2 aliphatic rings. The molecule has 1 aliphatic carbocycles. The van der Waals surface area contributed by atoms with Gasteiger partial charge in [-0.2, -0.15) is 0 Å². The van der Waals surface area contributed by atoms with Gasteiger partial charge in [0.25, 0.3) is 0 Å². The Morgan fingerprint density at radius 3 is 2.10 bits per heavy atom. The molecule has 1 saturated heterocycles. The van der Waals surface area contributed by atoms with Crippen molar-refractivity contribution in [3.05, 3.63) is 0 Å². The predicted molar refractivity (Wildman–Crippen MR) is 71.9 cm³/mol. The van der Waals surface area contributed by atoms with Gasteiger partial charge in [0.05, 0.1) is 12.2 Å². The number of carbonyl (C=O) groups is 2. The van der Waals surface area contributed by atoms with E-state index in [0.29, 0.717) is 0 Å². The fourth-order valence-corrected chi connectivity index (χ4v) is 2.93. The smallest absolute Gasteiger partial charge is 0.303 e. The van der Waals surface area contributed by atoms with Crippen molar-refractivity contribution < 1.29 is 23.8 Å². The number of hydrogen-bond acceptors (Lipinski definition) is 5. The Balaban J connectivity index is 2.10. The molecular weight excluding hydrogens is 260 g/mol. The lowest BCUT2D eigenvalue weighted by atomic mass is 9.85. The molecule has 0 aromatic heterocycles. The van der Waals surface area contributed by atoms with Gasteiger partial charge in [-0.15, -0.1) is 0 Å². The van der Waals surface area contributed by atoms with Crippen LogP contribution in [0.4, 0.5) is 0 Å². The highest BCUT2D eigenvalue weighted by Gasteiger charge is 2.47. The molecule has 0 N–H and O–H groups in total. The van der Waals surface area contributed by atoms with Crippen molar-refractivity contribution >= 4 is 11.9 Å². The van der Waals surface area contributed by atoms with Crippen molar-refractivity contribution in [1.82, 2.24) is 0 Å². The second kappa shape index (κ2) is 6.12. The maximum absolute atomic E-state index is 11.3. The Hall–Kier alpha value is -1.10. The SMILES string of the molecule is CC(=O)OC1C(C)OC(CC2CC2)C(C)C1OC(C)=O. The molecule has 1 aliphatic heterocycles. The standard InChI is InChI=1S/C15H24O5/c1-8-13(7-12-5-6-12)18-9(2)15(20-11(4)17)14(8)19-10(3)16/h8-9,12-15H,5-7H2,1-4H3. The summed E-state index contributed by atoms with van der Waals surface area (Å²) in [5, 5.41) is 0. The first kappa shape index (κ1) is 15.3. The molecule has 114 valence electrons. The van der Waals surface area contributed by atoms with Gasteiger partial charge in [-0.1, -0.05) is 19.8 Å². The fourth-order valence-electron chi connectivity index (χ4n) is 2.93. The number of esters is 2. The van der Waals surface area contributed by atoms with E-state index in [4.69, 9.17) is 14.2 Å². The molecule has 0 radical (unpaired) electrons. The van der Waals surface area contributed by atoms with Crippen LogP contribution in [0, 0.1) is 11.8 Å². The molecule has 5 unspecified atom stereocenters. The van der Waals surface area contributed by atoms with Gasteiger partial charge in [0, 0.05) is 19.8 Å². The monoisotopic (exact) mass is 284 g/mol. The molecule has 0 spiro atoms. The van der Waals surface area contributed by atoms with Crippen LogP contribution in [0.3, 0.4) is 0 Å². The van der Waals surface area contributed by atoms with E-state index in [0.717, 1.165) is 12.3 Å². The third-order valence-electron chi connectivity index (χ3n) is 4.15. The van der Waals surface area contributed by atoms with E-state index in [9.17, 15) is 9.59 Å². The van der Waals surface area contributed by atoms with E-state index in [-0.39, 0.29) is 30.1 Å². The molecule has 2 fully saturated rings. The quantitative estimate of drug-likeness (QED) is 0.740. The van der Waals surface area contributed by atoms with Crippen molar-refractivity contribution in [3.63, 3.8) is 0 Å². The van der Waals surface area contributed by atoms with Gasteiger partial charge in [0.1, 0.15) is 6.10 Å². The van der Waals surface area contributed by atoms with Gasteiger partial charge in [-0.25, -0.2) is 0 Å². The molecule has 1 saturated carbocycles. The van der Waals surface area contributed by atoms with E-state index in [1.165, 1.54) is 26.7 Å². The maximum atomic E-state index is 11.3. The highest BCUT2D eigenvalue weighted by molar-refractivity contribution is 5.67. The summed E-state index contributed by atoms with van der Waals surface area (Å²) in [4.78, 5) is 22.6. The molecule has 5 heteroatoms. The van der Waals surface area contributed by atoms with Crippen LogP contribution in [-0.4, -0.2) is 36.4 Å². The Morgan fingerprint density at radius 2 is 1.60 bits per heavy atom. The van der Waals surface area contributed by atoms with Gasteiger partial charge in [0.15, 0.2) is 6.10 Å². The summed E-state index contributed by atoms with van der Waals surface area (Å²) in [5.74, 6) is 0.0340. The highest BCUT2D eigenvalue weighted by Crippen LogP contribution is 2.40. The molecule has 0 bridgehead atoms. The predicted octanol–water partition coefficient (Wildman–Crippen LogP) is 2.07. The number of hydrogen-bond donors (Lipinski definition) is 0. The number of carbonyl (C=O) groups excluding carboxylic acids is 2. The lowest BCUT2D eigenvalue weighted by molar-refractivity contribution is -0.221. The molecule has 5 nitrogen and oxygen atoms in total. The van der Waals surface area contributed by atoms with Gasteiger partial charge < -0.3 is 14.2 Å². The van der Waals surface area contributed by atoms with E-state index < -0.39 is 12.2 Å². The van der Waals surface area contributed by atoms with Crippen LogP contribution < -0.4 is 0 Å². The Labute approximate surface area is 120 Å². The molecule has 20 heavy (non-hydrogen) atoms. The lowest BCUT2D eigenvalue weighted by Crippen LogP contribution is -2.55. The van der Waals surface area contributed by atoms with Crippen LogP contribution in [0.15, 0.2) is 0 Å². The fraction of sp³-hybridized carbons (Fsp3) is 0.867. The third kappa shape index (κ3) is 3.72. The Morgan fingerprint density at radius 1 is 1.05 bits per heavy atom. The molecule has 5 atom stereocenters. The summed E-state index contributed by atoms with van der Waals surface area (Å²) in [6, 6.07) is 0. The molecule has 0 aromatic rings. The average molecular weight is 284 g/mol. The van der Waals surface area contributed by atoms with Crippen molar-refractivity contribution in [2.75, 3.05) is 0 Å². The molecule has 1 heterocycles. The first-order chi connectivity index (χ1) is 9.38. The lowest BCUT2D eigenvalue weighted by Gasteiger charge is -2.43. The largest absolute Gasteiger partial charge is 0.458 e. The van der Waals surface area contributed by atoms with Crippen LogP contribution in [-0.2, 0) is 23.8 Å². The Bertz CT molecular complexity index is 376. The van der Waals surface area contributed by atoms with E-state index >= 15 is 0 Å². The van der Waals surface area contributed by atoms with Crippen LogP contribution in [0.25, 0.3) is 0 Å². The maximum Gasteiger partial charge on any atom is 0.303 e. The highest BCUT2D eigenvalue weighted by atomic mass is 16.6. The van der Waals surface area contributed by atoms with Crippen molar-refractivity contribution in [2.24, 2.45) is 11.8 Å². The summed E-state index contributed by atoms with van der Waals surface area (Å²) in [6.07, 6.45) is 2.36. The van der Waals surface area contributed by atoms with Gasteiger partial charge >= 0.3 is 11.9 Å². The normalized spacial score (nSPS) is 37.3. The minimum atomic E-state index is -0.526. The second-order valence-corrected chi connectivity index (χ2v) is 6.07. The van der Waals surface area contributed by atoms with Crippen LogP contribution >= 0.6 is 0 Å². The van der Waals surface area contributed by atoms with Gasteiger partial charge in [-0.3, -0.25) is 9.59 Å². The Kier molecular flexibility index (Phi) is 4.68. The minimum Gasteiger partial charge on any atom is -0.458 e. The molecule has 0 aromatic carbocycles. The molecule has 0 amide bonds. The van der Waals surface area contributed by atoms with Crippen molar-refractivity contribution in [1.29, 1.82) is 0 Å². The summed E-state index contributed by atoms with van der Waals surface area (Å²) in [7, 11) is 0. The van der Waals surface area contributed by atoms with E-state index in [1.807, 2.05) is 13.8 Å². The van der Waals surface area contributed by atoms with E-state index in [1.54, 1.807) is 0 Å². The molecular formula is C15H24O5. The zero-order valence-corrected chi connectivity index (χ0v) is 12.6. The van der Waals surface area contributed by atoms with Gasteiger partial charge in [0.2, 0.25) is 0 Å². The summed E-state index contributed by atoms with van der Waals surface area (Å²) in [6.45, 7) is 6.62. The van der Waals surface area contributed by atoms with Crippen molar-refractivity contribution in [3.8, 4) is 0 Å². The topological polar surface area (TPSA) is 61.8 Å². The first-order valence-electron chi connectivity index (χ1n) is 7.38. The number of ether oxygens (including phenoxy) is 3. The van der Waals surface area contributed by atoms with Crippen molar-refractivity contribution in [2.45, 2.75) is 71.4 Å². The van der Waals surface area contributed by atoms with Gasteiger partial charge in [-0.05, 0) is 19.3 Å². The van der Waals surface area contributed by atoms with Crippen LogP contribution in [0.5, 0.6) is 0 Å². The zero-order chi connectivity index (χ0) is 14.9.